The van der Waals surface area contributed by atoms with Crippen LogP contribution in [0.25, 0.3) is 0 Å². The molecule has 0 aromatic heterocycles. The van der Waals surface area contributed by atoms with Crippen LogP contribution in [-0.2, 0) is 14.3 Å². The van der Waals surface area contributed by atoms with E-state index in [2.05, 4.69) is 20.3 Å². The number of hydrogen-bond acceptors (Lipinski definition) is 9. The summed E-state index contributed by atoms with van der Waals surface area (Å²) >= 11 is 0.981. The van der Waals surface area contributed by atoms with E-state index in [0.717, 1.165) is 17.8 Å². The normalized spacial score (nSPS) is 16.8. The standard InChI is InChI=1S/C16H17N3O6S/c1-22-10-6-12(24-3)11(23-2)5-9(10)8-17-19-16-18-15(21)13(26-16)7-14(20)25-4/h5-8H,1-4H3,(H,18,19,21)/b13-7+,17-8?. The van der Waals surface area contributed by atoms with Crippen LogP contribution in [0.1, 0.15) is 5.56 Å². The van der Waals surface area contributed by atoms with E-state index in [-0.39, 0.29) is 10.1 Å². The first-order valence-corrected chi connectivity index (χ1v) is 8.04. The van der Waals surface area contributed by atoms with Gasteiger partial charge in [-0.25, -0.2) is 4.79 Å². The molecule has 0 spiro atoms. The van der Waals surface area contributed by atoms with Crippen molar-refractivity contribution in [3.63, 3.8) is 0 Å². The topological polar surface area (TPSA) is 108 Å². The van der Waals surface area contributed by atoms with Crippen molar-refractivity contribution >= 4 is 35.0 Å². The van der Waals surface area contributed by atoms with Crippen LogP contribution in [0.3, 0.4) is 0 Å². The van der Waals surface area contributed by atoms with E-state index in [0.29, 0.717) is 22.8 Å². The number of ether oxygens (including phenoxy) is 4. The lowest BCUT2D eigenvalue weighted by atomic mass is 10.2. The average Bonchev–Trinajstić information content (AvgIpc) is 3.00. The van der Waals surface area contributed by atoms with Crippen molar-refractivity contribution in [2.75, 3.05) is 28.4 Å². The van der Waals surface area contributed by atoms with Gasteiger partial charge in [0.25, 0.3) is 5.91 Å². The van der Waals surface area contributed by atoms with Gasteiger partial charge in [0.2, 0.25) is 0 Å². The molecule has 0 saturated carbocycles. The monoisotopic (exact) mass is 379 g/mol. The molecule has 9 nitrogen and oxygen atoms in total. The van der Waals surface area contributed by atoms with Gasteiger partial charge in [0, 0.05) is 17.7 Å². The molecule has 2 rings (SSSR count). The van der Waals surface area contributed by atoms with E-state index < -0.39 is 11.9 Å². The van der Waals surface area contributed by atoms with Crippen molar-refractivity contribution in [2.45, 2.75) is 0 Å². The number of rotatable bonds is 6. The van der Waals surface area contributed by atoms with E-state index in [1.165, 1.54) is 34.7 Å². The Hall–Kier alpha value is -3.01. The van der Waals surface area contributed by atoms with Gasteiger partial charge in [0.05, 0.1) is 39.6 Å². The number of nitrogens with one attached hydrogen (secondary N) is 1. The van der Waals surface area contributed by atoms with Crippen LogP contribution >= 0.6 is 11.8 Å². The van der Waals surface area contributed by atoms with Gasteiger partial charge < -0.3 is 18.9 Å². The number of carbonyl (C=O) groups excluding carboxylic acids is 2. The van der Waals surface area contributed by atoms with Gasteiger partial charge in [0.1, 0.15) is 5.75 Å². The van der Waals surface area contributed by atoms with Gasteiger partial charge in [-0.05, 0) is 17.8 Å². The molecule has 0 atom stereocenters. The summed E-state index contributed by atoms with van der Waals surface area (Å²) < 4.78 is 20.2. The van der Waals surface area contributed by atoms with Crippen LogP contribution in [0.4, 0.5) is 0 Å². The molecule has 1 amide bonds. The molecule has 0 aliphatic carbocycles. The van der Waals surface area contributed by atoms with E-state index >= 15 is 0 Å². The number of methoxy groups -OCH3 is 4. The quantitative estimate of drug-likeness (QED) is 0.344. The lowest BCUT2D eigenvalue weighted by Crippen LogP contribution is -2.19. The van der Waals surface area contributed by atoms with Crippen molar-refractivity contribution < 1.29 is 28.5 Å². The number of amides is 1. The fourth-order valence-electron chi connectivity index (χ4n) is 1.94. The predicted molar refractivity (Wildman–Crippen MR) is 97.0 cm³/mol. The Bertz CT molecular complexity index is 803. The second-order valence-electron chi connectivity index (χ2n) is 4.69. The second kappa shape index (κ2) is 8.90. The van der Waals surface area contributed by atoms with Gasteiger partial charge >= 0.3 is 5.97 Å². The maximum atomic E-state index is 11.7. The van der Waals surface area contributed by atoms with Crippen molar-refractivity contribution in [3.05, 3.63) is 28.7 Å². The Morgan fingerprint density at radius 3 is 2.35 bits per heavy atom. The van der Waals surface area contributed by atoms with E-state index in [1.807, 2.05) is 0 Å². The van der Waals surface area contributed by atoms with Crippen LogP contribution in [-0.4, -0.2) is 51.7 Å². The zero-order chi connectivity index (χ0) is 19.1. The van der Waals surface area contributed by atoms with Crippen molar-refractivity contribution in [3.8, 4) is 17.2 Å². The summed E-state index contributed by atoms with van der Waals surface area (Å²) in [5.74, 6) is 0.472. The lowest BCUT2D eigenvalue weighted by Gasteiger charge is -2.11. The molecule has 1 saturated heterocycles. The highest BCUT2D eigenvalue weighted by Crippen LogP contribution is 2.33. The molecule has 1 N–H and O–H groups in total. The fourth-order valence-corrected chi connectivity index (χ4v) is 2.68. The zero-order valence-corrected chi connectivity index (χ0v) is 15.4. The first-order valence-electron chi connectivity index (χ1n) is 7.22. The van der Waals surface area contributed by atoms with Gasteiger partial charge in [-0.2, -0.15) is 5.10 Å². The Morgan fingerprint density at radius 2 is 1.73 bits per heavy atom. The molecule has 1 aliphatic rings. The van der Waals surface area contributed by atoms with E-state index in [4.69, 9.17) is 14.2 Å². The van der Waals surface area contributed by atoms with Crippen LogP contribution in [0.2, 0.25) is 0 Å². The number of esters is 1. The highest BCUT2D eigenvalue weighted by Gasteiger charge is 2.25. The maximum absolute atomic E-state index is 11.7. The van der Waals surface area contributed by atoms with Crippen molar-refractivity contribution in [1.29, 1.82) is 0 Å². The molecule has 1 aromatic carbocycles. The number of amidine groups is 1. The van der Waals surface area contributed by atoms with Gasteiger partial charge in [-0.3, -0.25) is 10.1 Å². The first-order chi connectivity index (χ1) is 12.5. The number of carbonyl (C=O) groups is 2. The zero-order valence-electron chi connectivity index (χ0n) is 14.6. The maximum Gasteiger partial charge on any atom is 0.331 e. The van der Waals surface area contributed by atoms with Crippen LogP contribution in [0, 0.1) is 0 Å². The summed E-state index contributed by atoms with van der Waals surface area (Å²) in [6.45, 7) is 0. The summed E-state index contributed by atoms with van der Waals surface area (Å²) in [7, 11) is 5.79. The minimum absolute atomic E-state index is 0.175. The number of thioether (sulfide) groups is 1. The molecule has 1 heterocycles. The Balaban J connectivity index is 2.20. The molecular formula is C16H17N3O6S. The first kappa shape index (κ1) is 19.3. The third kappa shape index (κ3) is 4.54. The van der Waals surface area contributed by atoms with Crippen molar-refractivity contribution in [2.24, 2.45) is 10.2 Å². The number of nitrogens with zero attached hydrogens (tertiary/aromatic N) is 2. The summed E-state index contributed by atoms with van der Waals surface area (Å²) in [6.07, 6.45) is 2.53. The van der Waals surface area contributed by atoms with Crippen molar-refractivity contribution in [1.82, 2.24) is 5.32 Å². The summed E-state index contributed by atoms with van der Waals surface area (Å²) in [5, 5.41) is 10.6. The number of benzene rings is 1. The summed E-state index contributed by atoms with van der Waals surface area (Å²) in [4.78, 5) is 23.1. The minimum atomic E-state index is -0.623. The Kier molecular flexibility index (Phi) is 6.61. The van der Waals surface area contributed by atoms with Gasteiger partial charge in [-0.1, -0.05) is 0 Å². The largest absolute Gasteiger partial charge is 0.496 e. The molecule has 138 valence electrons. The molecule has 26 heavy (non-hydrogen) atoms. The minimum Gasteiger partial charge on any atom is -0.496 e. The smallest absolute Gasteiger partial charge is 0.331 e. The SMILES string of the molecule is COC(=O)/C=C1/S/C(=N\N=Cc2cc(OC)c(OC)cc2OC)NC1=O. The van der Waals surface area contributed by atoms with E-state index in [9.17, 15) is 9.59 Å². The van der Waals surface area contributed by atoms with Gasteiger partial charge in [0.15, 0.2) is 16.7 Å². The highest BCUT2D eigenvalue weighted by molar-refractivity contribution is 8.18. The predicted octanol–water partition coefficient (Wildman–Crippen LogP) is 1.32. The Labute approximate surface area is 154 Å². The Morgan fingerprint density at radius 1 is 1.08 bits per heavy atom. The lowest BCUT2D eigenvalue weighted by molar-refractivity contribution is -0.135. The highest BCUT2D eigenvalue weighted by atomic mass is 32.2. The average molecular weight is 379 g/mol. The molecule has 10 heteroatoms. The fraction of sp³-hybridized carbons (Fsp3) is 0.250. The van der Waals surface area contributed by atoms with Crippen LogP contribution in [0.15, 0.2) is 33.3 Å². The third-order valence-corrected chi connectivity index (χ3v) is 4.08. The molecule has 0 unspecified atom stereocenters. The van der Waals surface area contributed by atoms with Crippen LogP contribution < -0.4 is 19.5 Å². The summed E-state index contributed by atoms with van der Waals surface area (Å²) in [6, 6.07) is 3.35. The third-order valence-electron chi connectivity index (χ3n) is 3.18. The second-order valence-corrected chi connectivity index (χ2v) is 5.72. The molecule has 1 aromatic rings. The summed E-state index contributed by atoms with van der Waals surface area (Å²) in [5.41, 5.74) is 0.606. The number of hydrogen-bond donors (Lipinski definition) is 1. The molecule has 0 bridgehead atoms. The molecular weight excluding hydrogens is 362 g/mol. The molecule has 1 aliphatic heterocycles. The molecule has 1 fully saturated rings. The molecule has 0 radical (unpaired) electrons. The van der Waals surface area contributed by atoms with E-state index in [1.54, 1.807) is 12.1 Å². The van der Waals surface area contributed by atoms with Crippen LogP contribution in [0.5, 0.6) is 17.2 Å². The van der Waals surface area contributed by atoms with Gasteiger partial charge in [-0.15, -0.1) is 5.10 Å².